The quantitative estimate of drug-likeness (QED) is 0.634. The van der Waals surface area contributed by atoms with Gasteiger partial charge in [0.25, 0.3) is 5.91 Å². The number of likely N-dealkylation sites (tertiary alicyclic amines) is 1. The summed E-state index contributed by atoms with van der Waals surface area (Å²) in [6.45, 7) is 7.23. The molecular formula is C23H28N4O3. The van der Waals surface area contributed by atoms with E-state index in [0.717, 1.165) is 38.9 Å². The third-order valence-corrected chi connectivity index (χ3v) is 5.56. The smallest absolute Gasteiger partial charge is 0.251 e. The van der Waals surface area contributed by atoms with Crippen LogP contribution in [-0.4, -0.2) is 35.1 Å². The van der Waals surface area contributed by atoms with Crippen LogP contribution in [0.1, 0.15) is 48.2 Å². The van der Waals surface area contributed by atoms with Crippen LogP contribution in [0.15, 0.2) is 47.1 Å². The first-order valence-corrected chi connectivity index (χ1v) is 10.6. The summed E-state index contributed by atoms with van der Waals surface area (Å²) in [7, 11) is 0. The Morgan fingerprint density at radius 2 is 2.03 bits per heavy atom. The molecular weight excluding hydrogens is 380 g/mol. The number of carbonyl (C=O) groups excluding carboxylic acids is 1. The molecule has 7 nitrogen and oxygen atoms in total. The zero-order valence-corrected chi connectivity index (χ0v) is 17.5. The Kier molecular flexibility index (Phi) is 5.99. The molecule has 1 fully saturated rings. The molecule has 3 aromatic rings. The first kappa shape index (κ1) is 20.3. The number of benzene rings is 2. The van der Waals surface area contributed by atoms with E-state index in [1.165, 1.54) is 11.1 Å². The molecule has 1 aliphatic rings. The molecule has 0 bridgehead atoms. The van der Waals surface area contributed by atoms with Gasteiger partial charge in [-0.3, -0.25) is 14.3 Å². The predicted octanol–water partition coefficient (Wildman–Crippen LogP) is 3.05. The minimum atomic E-state index is -0.151. The number of hydrogen-bond acceptors (Lipinski definition) is 5. The first-order valence-electron chi connectivity index (χ1n) is 10.6. The van der Waals surface area contributed by atoms with E-state index in [1.54, 1.807) is 18.2 Å². The van der Waals surface area contributed by atoms with E-state index >= 15 is 0 Å². The highest BCUT2D eigenvalue weighted by molar-refractivity contribution is 5.97. The standard InChI is InChI=1S/C23H28N4O3/c1-16(2)12-17-5-7-18(8-6-17)14-26-11-3-4-20(15-26)24-23(28)19-9-10-22-21(13-19)25-30-27(22)29/h5-10,13,16,20H,3-4,11-12,14-15H2,1-2H3,(H,24,28). The van der Waals surface area contributed by atoms with Crippen molar-refractivity contribution in [3.05, 3.63) is 64.4 Å². The van der Waals surface area contributed by atoms with Gasteiger partial charge in [-0.25, -0.2) is 0 Å². The zero-order chi connectivity index (χ0) is 21.1. The minimum Gasteiger partial charge on any atom is -0.359 e. The van der Waals surface area contributed by atoms with Crippen molar-refractivity contribution >= 4 is 16.9 Å². The molecule has 1 saturated heterocycles. The largest absolute Gasteiger partial charge is 0.359 e. The van der Waals surface area contributed by atoms with Crippen LogP contribution in [0.3, 0.4) is 0 Å². The Balaban J connectivity index is 1.34. The van der Waals surface area contributed by atoms with Crippen LogP contribution >= 0.6 is 0 Å². The number of nitrogens with zero attached hydrogens (tertiary/aromatic N) is 3. The van der Waals surface area contributed by atoms with Gasteiger partial charge < -0.3 is 10.5 Å². The molecule has 2 aromatic carbocycles. The number of hydrogen-bond donors (Lipinski definition) is 1. The molecule has 30 heavy (non-hydrogen) atoms. The number of rotatable bonds is 6. The molecule has 1 N–H and O–H groups in total. The first-order chi connectivity index (χ1) is 14.5. The molecule has 1 unspecified atom stereocenters. The number of nitrogens with one attached hydrogen (secondary N) is 1. The van der Waals surface area contributed by atoms with Crippen LogP contribution in [0.2, 0.25) is 0 Å². The average Bonchev–Trinajstić information content (AvgIpc) is 3.10. The van der Waals surface area contributed by atoms with Crippen molar-refractivity contribution in [1.82, 2.24) is 15.4 Å². The number of fused-ring (bicyclic) bond motifs is 1. The third kappa shape index (κ3) is 4.79. The van der Waals surface area contributed by atoms with Crippen LogP contribution in [-0.2, 0) is 13.0 Å². The van der Waals surface area contributed by atoms with E-state index in [2.05, 4.69) is 58.1 Å². The van der Waals surface area contributed by atoms with Crippen molar-refractivity contribution in [2.45, 2.75) is 45.7 Å². The van der Waals surface area contributed by atoms with E-state index in [0.29, 0.717) is 27.4 Å². The SMILES string of the molecule is CC(C)Cc1ccc(CN2CCCC(NC(=O)c3ccc4c(c3)no[n+]4[O-])C2)cc1. The van der Waals surface area contributed by atoms with E-state index in [-0.39, 0.29) is 11.9 Å². The number of aromatic nitrogens is 2. The topological polar surface area (TPSA) is 85.3 Å². The summed E-state index contributed by atoms with van der Waals surface area (Å²) in [5, 5.41) is 18.2. The Morgan fingerprint density at radius 1 is 1.27 bits per heavy atom. The summed E-state index contributed by atoms with van der Waals surface area (Å²) in [5.74, 6) is 0.510. The maximum absolute atomic E-state index is 12.7. The fourth-order valence-corrected chi connectivity index (χ4v) is 4.11. The summed E-state index contributed by atoms with van der Waals surface area (Å²) >= 11 is 0. The van der Waals surface area contributed by atoms with E-state index in [1.807, 2.05) is 0 Å². The normalized spacial score (nSPS) is 17.5. The Hall–Kier alpha value is -2.93. The van der Waals surface area contributed by atoms with Crippen LogP contribution < -0.4 is 10.2 Å². The Morgan fingerprint density at radius 3 is 2.80 bits per heavy atom. The Labute approximate surface area is 176 Å². The summed E-state index contributed by atoms with van der Waals surface area (Å²) in [6.07, 6.45) is 3.12. The highest BCUT2D eigenvalue weighted by Gasteiger charge is 2.23. The molecule has 1 aliphatic heterocycles. The van der Waals surface area contributed by atoms with E-state index in [9.17, 15) is 10.0 Å². The van der Waals surface area contributed by atoms with Crippen molar-refractivity contribution in [2.24, 2.45) is 5.92 Å². The number of amides is 1. The third-order valence-electron chi connectivity index (χ3n) is 5.56. The highest BCUT2D eigenvalue weighted by atomic mass is 16.8. The predicted molar refractivity (Wildman–Crippen MR) is 114 cm³/mol. The summed E-state index contributed by atoms with van der Waals surface area (Å²) in [4.78, 5) is 15.4. The van der Waals surface area contributed by atoms with E-state index in [4.69, 9.17) is 0 Å². The lowest BCUT2D eigenvalue weighted by atomic mass is 10.0. The second-order valence-electron chi connectivity index (χ2n) is 8.60. The average molecular weight is 409 g/mol. The number of carbonyl (C=O) groups is 1. The second-order valence-corrected chi connectivity index (χ2v) is 8.60. The van der Waals surface area contributed by atoms with Crippen molar-refractivity contribution in [1.29, 1.82) is 0 Å². The lowest BCUT2D eigenvalue weighted by Crippen LogP contribution is -2.47. The maximum Gasteiger partial charge on any atom is 0.251 e. The van der Waals surface area contributed by atoms with Crippen LogP contribution in [0, 0.1) is 11.1 Å². The van der Waals surface area contributed by atoms with Gasteiger partial charge in [0, 0.05) is 35.9 Å². The molecule has 1 amide bonds. The molecule has 1 atom stereocenters. The summed E-state index contributed by atoms with van der Waals surface area (Å²) in [5.41, 5.74) is 3.86. The lowest BCUT2D eigenvalue weighted by Gasteiger charge is -2.33. The van der Waals surface area contributed by atoms with Gasteiger partial charge >= 0.3 is 0 Å². The molecule has 2 heterocycles. The fraction of sp³-hybridized carbons (Fsp3) is 0.435. The molecule has 1 aromatic heterocycles. The van der Waals surface area contributed by atoms with Gasteiger partial charge in [-0.2, -0.15) is 0 Å². The maximum atomic E-state index is 12.7. The molecule has 0 spiro atoms. The van der Waals surface area contributed by atoms with Crippen LogP contribution in [0.5, 0.6) is 0 Å². The van der Waals surface area contributed by atoms with E-state index < -0.39 is 0 Å². The molecule has 7 heteroatoms. The molecule has 4 rings (SSSR count). The molecule has 0 radical (unpaired) electrons. The lowest BCUT2D eigenvalue weighted by molar-refractivity contribution is -0.782. The van der Waals surface area contributed by atoms with Gasteiger partial charge in [0.05, 0.1) is 0 Å². The van der Waals surface area contributed by atoms with Crippen molar-refractivity contribution in [3.8, 4) is 0 Å². The van der Waals surface area contributed by atoms with Gasteiger partial charge in [-0.1, -0.05) is 38.1 Å². The monoisotopic (exact) mass is 408 g/mol. The van der Waals surface area contributed by atoms with Gasteiger partial charge in [0.2, 0.25) is 11.0 Å². The van der Waals surface area contributed by atoms with Gasteiger partial charge in [0.1, 0.15) is 0 Å². The van der Waals surface area contributed by atoms with Crippen molar-refractivity contribution in [3.63, 3.8) is 0 Å². The minimum absolute atomic E-state index is 0.101. The van der Waals surface area contributed by atoms with Crippen molar-refractivity contribution in [2.75, 3.05) is 13.1 Å². The molecule has 0 aliphatic carbocycles. The van der Waals surface area contributed by atoms with Gasteiger partial charge in [-0.15, -0.1) is 0 Å². The van der Waals surface area contributed by atoms with Crippen LogP contribution in [0.4, 0.5) is 0 Å². The van der Waals surface area contributed by atoms with Gasteiger partial charge in [-0.05, 0) is 59.9 Å². The summed E-state index contributed by atoms with van der Waals surface area (Å²) in [6, 6.07) is 13.8. The molecule has 158 valence electrons. The zero-order valence-electron chi connectivity index (χ0n) is 17.5. The van der Waals surface area contributed by atoms with Crippen molar-refractivity contribution < 1.29 is 14.3 Å². The van der Waals surface area contributed by atoms with Crippen LogP contribution in [0.25, 0.3) is 11.0 Å². The molecule has 0 saturated carbocycles. The highest BCUT2D eigenvalue weighted by Crippen LogP contribution is 2.17. The summed E-state index contributed by atoms with van der Waals surface area (Å²) < 4.78 is 4.57. The Bertz CT molecular complexity index is 1010. The fourth-order valence-electron chi connectivity index (χ4n) is 4.11. The van der Waals surface area contributed by atoms with Gasteiger partial charge in [0.15, 0.2) is 0 Å². The second kappa shape index (κ2) is 8.83. The number of piperidine rings is 1.